The quantitative estimate of drug-likeness (QED) is 0.683. The van der Waals surface area contributed by atoms with Crippen molar-refractivity contribution in [3.63, 3.8) is 0 Å². The van der Waals surface area contributed by atoms with E-state index in [1.165, 1.54) is 11.3 Å². The van der Waals surface area contributed by atoms with Crippen molar-refractivity contribution in [3.05, 3.63) is 28.2 Å². The van der Waals surface area contributed by atoms with Crippen molar-refractivity contribution in [2.45, 2.75) is 33.2 Å². The number of rotatable bonds is 9. The highest BCUT2D eigenvalue weighted by Gasteiger charge is 2.07. The molecule has 0 unspecified atom stereocenters. The molecule has 0 aliphatic rings. The van der Waals surface area contributed by atoms with E-state index in [1.807, 2.05) is 0 Å². The number of nitrogens with zero attached hydrogens (tertiary/aromatic N) is 1. The minimum Gasteiger partial charge on any atom is -0.395 e. The fourth-order valence-corrected chi connectivity index (χ4v) is 2.54. The SMILES string of the molecule is CCCNCc1ccc(N(CCC)CCO)cc1Br. The van der Waals surface area contributed by atoms with Gasteiger partial charge in [0.05, 0.1) is 6.61 Å². The number of aliphatic hydroxyl groups is 1. The third kappa shape index (κ3) is 5.51. The van der Waals surface area contributed by atoms with Crippen LogP contribution in [-0.4, -0.2) is 31.3 Å². The molecule has 0 atom stereocenters. The van der Waals surface area contributed by atoms with Crippen LogP contribution in [0.15, 0.2) is 22.7 Å². The number of aliphatic hydroxyl groups excluding tert-OH is 1. The van der Waals surface area contributed by atoms with Crippen molar-refractivity contribution in [3.8, 4) is 0 Å². The Bertz CT molecular complexity index is 365. The first-order chi connectivity index (χ1) is 9.22. The zero-order valence-corrected chi connectivity index (χ0v) is 13.5. The van der Waals surface area contributed by atoms with Crippen LogP contribution in [0.5, 0.6) is 0 Å². The molecule has 0 aromatic heterocycles. The van der Waals surface area contributed by atoms with E-state index >= 15 is 0 Å². The summed E-state index contributed by atoms with van der Waals surface area (Å²) in [5.74, 6) is 0. The molecule has 108 valence electrons. The highest BCUT2D eigenvalue weighted by molar-refractivity contribution is 9.10. The molecule has 0 fully saturated rings. The first-order valence-electron chi connectivity index (χ1n) is 7.07. The first-order valence-corrected chi connectivity index (χ1v) is 7.87. The van der Waals surface area contributed by atoms with Crippen LogP contribution in [0.2, 0.25) is 0 Å². The summed E-state index contributed by atoms with van der Waals surface area (Å²) >= 11 is 3.64. The zero-order chi connectivity index (χ0) is 14.1. The van der Waals surface area contributed by atoms with Crippen molar-refractivity contribution in [2.75, 3.05) is 31.1 Å². The van der Waals surface area contributed by atoms with Crippen LogP contribution in [0.3, 0.4) is 0 Å². The minimum atomic E-state index is 0.192. The summed E-state index contributed by atoms with van der Waals surface area (Å²) in [6.07, 6.45) is 2.23. The van der Waals surface area contributed by atoms with E-state index in [9.17, 15) is 0 Å². The average molecular weight is 329 g/mol. The van der Waals surface area contributed by atoms with Gasteiger partial charge in [0.1, 0.15) is 0 Å². The first kappa shape index (κ1) is 16.5. The second kappa shape index (κ2) is 9.34. The maximum absolute atomic E-state index is 9.13. The lowest BCUT2D eigenvalue weighted by Gasteiger charge is -2.24. The molecule has 1 aromatic rings. The number of halogens is 1. The second-order valence-electron chi connectivity index (χ2n) is 4.66. The maximum atomic E-state index is 9.13. The topological polar surface area (TPSA) is 35.5 Å². The highest BCUT2D eigenvalue weighted by atomic mass is 79.9. The van der Waals surface area contributed by atoms with Crippen molar-refractivity contribution >= 4 is 21.6 Å². The summed E-state index contributed by atoms with van der Waals surface area (Å²) in [6.45, 7) is 8.11. The minimum absolute atomic E-state index is 0.192. The molecule has 1 aromatic carbocycles. The Balaban J connectivity index is 2.73. The number of hydrogen-bond donors (Lipinski definition) is 2. The fraction of sp³-hybridized carbons (Fsp3) is 0.600. The van der Waals surface area contributed by atoms with E-state index < -0.39 is 0 Å². The van der Waals surface area contributed by atoms with Crippen LogP contribution in [0.25, 0.3) is 0 Å². The van der Waals surface area contributed by atoms with Crippen molar-refractivity contribution in [2.24, 2.45) is 0 Å². The Labute approximate surface area is 125 Å². The molecule has 0 aliphatic heterocycles. The van der Waals surface area contributed by atoms with Crippen LogP contribution in [-0.2, 0) is 6.54 Å². The Hall–Kier alpha value is -0.580. The second-order valence-corrected chi connectivity index (χ2v) is 5.52. The van der Waals surface area contributed by atoms with Crippen LogP contribution < -0.4 is 10.2 Å². The Morgan fingerprint density at radius 3 is 2.58 bits per heavy atom. The van der Waals surface area contributed by atoms with Gasteiger partial charge in [-0.15, -0.1) is 0 Å². The van der Waals surface area contributed by atoms with Gasteiger partial charge in [-0.1, -0.05) is 35.8 Å². The molecule has 4 heteroatoms. The van der Waals surface area contributed by atoms with Gasteiger partial charge >= 0.3 is 0 Å². The molecule has 0 heterocycles. The molecule has 1 rings (SSSR count). The molecule has 0 aliphatic carbocycles. The van der Waals surface area contributed by atoms with Crippen molar-refractivity contribution in [1.82, 2.24) is 5.32 Å². The van der Waals surface area contributed by atoms with Gasteiger partial charge in [-0.05, 0) is 37.1 Å². The van der Waals surface area contributed by atoms with Crippen LogP contribution in [0.1, 0.15) is 32.3 Å². The lowest BCUT2D eigenvalue weighted by Crippen LogP contribution is -2.27. The Morgan fingerprint density at radius 2 is 2.00 bits per heavy atom. The summed E-state index contributed by atoms with van der Waals surface area (Å²) in [5, 5.41) is 12.5. The maximum Gasteiger partial charge on any atom is 0.0606 e. The van der Waals surface area contributed by atoms with E-state index in [1.54, 1.807) is 0 Å². The summed E-state index contributed by atoms with van der Waals surface area (Å²) in [6, 6.07) is 6.44. The predicted molar refractivity (Wildman–Crippen MR) is 85.7 cm³/mol. The van der Waals surface area contributed by atoms with Crippen LogP contribution in [0.4, 0.5) is 5.69 Å². The third-order valence-electron chi connectivity index (χ3n) is 3.01. The van der Waals surface area contributed by atoms with Gasteiger partial charge in [0, 0.05) is 29.8 Å². The van der Waals surface area contributed by atoms with Crippen molar-refractivity contribution in [1.29, 1.82) is 0 Å². The molecule has 0 saturated heterocycles. The number of hydrogen-bond acceptors (Lipinski definition) is 3. The summed E-state index contributed by atoms with van der Waals surface area (Å²) < 4.78 is 1.13. The number of anilines is 1. The molecular formula is C15H25BrN2O. The molecule has 3 nitrogen and oxygen atoms in total. The van der Waals surface area contributed by atoms with Crippen LogP contribution >= 0.6 is 15.9 Å². The smallest absolute Gasteiger partial charge is 0.0606 e. The monoisotopic (exact) mass is 328 g/mol. The summed E-state index contributed by atoms with van der Waals surface area (Å²) in [7, 11) is 0. The van der Waals surface area contributed by atoms with E-state index in [0.29, 0.717) is 6.54 Å². The van der Waals surface area contributed by atoms with Gasteiger partial charge in [-0.2, -0.15) is 0 Å². The lowest BCUT2D eigenvalue weighted by molar-refractivity contribution is 0.302. The third-order valence-corrected chi connectivity index (χ3v) is 3.75. The summed E-state index contributed by atoms with van der Waals surface area (Å²) in [4.78, 5) is 2.22. The standard InChI is InChI=1S/C15H25BrN2O/c1-3-7-17-12-13-5-6-14(11-15(13)16)18(8-4-2)9-10-19/h5-6,11,17,19H,3-4,7-10,12H2,1-2H3. The molecule has 0 radical (unpaired) electrons. The zero-order valence-electron chi connectivity index (χ0n) is 12.0. The van der Waals surface area contributed by atoms with E-state index in [-0.39, 0.29) is 6.61 Å². The Morgan fingerprint density at radius 1 is 1.21 bits per heavy atom. The Kier molecular flexibility index (Phi) is 8.10. The molecule has 19 heavy (non-hydrogen) atoms. The van der Waals surface area contributed by atoms with Gasteiger partial charge < -0.3 is 15.3 Å². The molecule has 2 N–H and O–H groups in total. The predicted octanol–water partition coefficient (Wildman–Crippen LogP) is 3.16. The van der Waals surface area contributed by atoms with Gasteiger partial charge in [0.2, 0.25) is 0 Å². The largest absolute Gasteiger partial charge is 0.395 e. The van der Waals surface area contributed by atoms with Gasteiger partial charge in [0.15, 0.2) is 0 Å². The number of nitrogens with one attached hydrogen (secondary N) is 1. The van der Waals surface area contributed by atoms with E-state index in [4.69, 9.17) is 5.11 Å². The highest BCUT2D eigenvalue weighted by Crippen LogP contribution is 2.24. The normalized spacial score (nSPS) is 10.7. The lowest BCUT2D eigenvalue weighted by atomic mass is 10.2. The molecule has 0 saturated carbocycles. The van der Waals surface area contributed by atoms with Gasteiger partial charge in [-0.25, -0.2) is 0 Å². The molecule has 0 spiro atoms. The van der Waals surface area contributed by atoms with E-state index in [2.05, 4.69) is 58.2 Å². The molecule has 0 bridgehead atoms. The number of benzene rings is 1. The fourth-order valence-electron chi connectivity index (χ4n) is 2.04. The van der Waals surface area contributed by atoms with Gasteiger partial charge in [0.25, 0.3) is 0 Å². The van der Waals surface area contributed by atoms with Crippen LogP contribution in [0, 0.1) is 0 Å². The average Bonchev–Trinajstić information content (AvgIpc) is 2.40. The van der Waals surface area contributed by atoms with Gasteiger partial charge in [-0.3, -0.25) is 0 Å². The summed E-state index contributed by atoms with van der Waals surface area (Å²) in [5.41, 5.74) is 2.44. The van der Waals surface area contributed by atoms with Crippen molar-refractivity contribution < 1.29 is 5.11 Å². The molecule has 0 amide bonds. The molecular weight excluding hydrogens is 304 g/mol. The van der Waals surface area contributed by atoms with E-state index in [0.717, 1.165) is 36.9 Å².